The van der Waals surface area contributed by atoms with E-state index in [-0.39, 0.29) is 12.2 Å². The van der Waals surface area contributed by atoms with E-state index < -0.39 is 5.79 Å². The first-order chi connectivity index (χ1) is 5.71. The normalized spacial score (nSPS) is 48.5. The van der Waals surface area contributed by atoms with Crippen LogP contribution >= 0.6 is 0 Å². The maximum absolute atomic E-state index is 10.0. The van der Waals surface area contributed by atoms with Crippen molar-refractivity contribution in [3.8, 4) is 0 Å². The van der Waals surface area contributed by atoms with Crippen molar-refractivity contribution in [3.05, 3.63) is 0 Å². The molecule has 0 aliphatic carbocycles. The van der Waals surface area contributed by atoms with Gasteiger partial charge in [-0.15, -0.1) is 0 Å². The van der Waals surface area contributed by atoms with Crippen molar-refractivity contribution in [3.63, 3.8) is 0 Å². The molecule has 3 atom stereocenters. The van der Waals surface area contributed by atoms with Gasteiger partial charge in [-0.25, -0.2) is 0 Å². The van der Waals surface area contributed by atoms with Gasteiger partial charge in [0.05, 0.1) is 6.10 Å². The third-order valence-corrected chi connectivity index (χ3v) is 2.74. The number of ether oxygens (including phenoxy) is 2. The van der Waals surface area contributed by atoms with Gasteiger partial charge < -0.3 is 14.6 Å². The predicted octanol–water partition coefficient (Wildman–Crippen LogP) is 1.05. The second-order valence-electron chi connectivity index (χ2n) is 3.81. The van der Waals surface area contributed by atoms with Crippen LogP contribution in [0, 0.1) is 0 Å². The van der Waals surface area contributed by atoms with Crippen molar-refractivity contribution >= 4 is 0 Å². The van der Waals surface area contributed by atoms with Crippen molar-refractivity contribution in [1.82, 2.24) is 0 Å². The fourth-order valence-electron chi connectivity index (χ4n) is 2.08. The molecule has 12 heavy (non-hydrogen) atoms. The summed E-state index contributed by atoms with van der Waals surface area (Å²) < 4.78 is 11.0. The van der Waals surface area contributed by atoms with Gasteiger partial charge in [-0.3, -0.25) is 0 Å². The first kappa shape index (κ1) is 8.48. The Morgan fingerprint density at radius 1 is 1.42 bits per heavy atom. The maximum Gasteiger partial charge on any atom is 0.192 e. The topological polar surface area (TPSA) is 38.7 Å². The van der Waals surface area contributed by atoms with Crippen molar-refractivity contribution < 1.29 is 14.6 Å². The van der Waals surface area contributed by atoms with E-state index in [1.807, 2.05) is 6.92 Å². The molecule has 0 unspecified atom stereocenters. The molecule has 3 nitrogen and oxygen atoms in total. The molecule has 0 aromatic carbocycles. The Balaban J connectivity index is 2.07. The lowest BCUT2D eigenvalue weighted by Gasteiger charge is -2.44. The molecule has 2 rings (SSSR count). The SMILES string of the molecule is C[C@@H]1CC[C@H]2OCCC[C@@]2(O)O1. The van der Waals surface area contributed by atoms with Crippen molar-refractivity contribution in [2.24, 2.45) is 0 Å². The Kier molecular flexibility index (Phi) is 2.10. The molecule has 2 aliphatic rings. The Hall–Kier alpha value is -0.120. The predicted molar refractivity (Wildman–Crippen MR) is 43.7 cm³/mol. The zero-order valence-electron chi connectivity index (χ0n) is 7.45. The van der Waals surface area contributed by atoms with Crippen LogP contribution < -0.4 is 0 Å². The highest BCUT2D eigenvalue weighted by atomic mass is 16.7. The molecular formula is C9H16O3. The fraction of sp³-hybridized carbons (Fsp3) is 1.00. The minimum atomic E-state index is -0.976. The summed E-state index contributed by atoms with van der Waals surface area (Å²) in [6.07, 6.45) is 3.64. The molecule has 2 aliphatic heterocycles. The van der Waals surface area contributed by atoms with E-state index in [0.29, 0.717) is 0 Å². The Labute approximate surface area is 72.7 Å². The monoisotopic (exact) mass is 172 g/mol. The largest absolute Gasteiger partial charge is 0.373 e. The molecule has 2 fully saturated rings. The quantitative estimate of drug-likeness (QED) is 0.593. The Morgan fingerprint density at radius 2 is 2.25 bits per heavy atom. The fourth-order valence-corrected chi connectivity index (χ4v) is 2.08. The van der Waals surface area contributed by atoms with Gasteiger partial charge in [-0.2, -0.15) is 0 Å². The standard InChI is InChI=1S/C9H16O3/c1-7-3-4-8-9(10,12-7)5-2-6-11-8/h7-8,10H,2-6H2,1H3/t7-,8-,9-/m1/s1. The lowest BCUT2D eigenvalue weighted by Crippen LogP contribution is -2.54. The third kappa shape index (κ3) is 1.37. The number of aliphatic hydroxyl groups is 1. The number of rotatable bonds is 0. The summed E-state index contributed by atoms with van der Waals surface area (Å²) in [5.74, 6) is -0.976. The summed E-state index contributed by atoms with van der Waals surface area (Å²) in [7, 11) is 0. The average Bonchev–Trinajstić information content (AvgIpc) is 2.02. The lowest BCUT2D eigenvalue weighted by atomic mass is 9.93. The van der Waals surface area contributed by atoms with Gasteiger partial charge in [0.1, 0.15) is 6.10 Å². The molecule has 3 heteroatoms. The van der Waals surface area contributed by atoms with Crippen LogP contribution in [0.15, 0.2) is 0 Å². The summed E-state index contributed by atoms with van der Waals surface area (Å²) in [5, 5.41) is 10.0. The molecular weight excluding hydrogens is 156 g/mol. The van der Waals surface area contributed by atoms with Crippen LogP contribution in [0.5, 0.6) is 0 Å². The van der Waals surface area contributed by atoms with Crippen LogP contribution in [0.3, 0.4) is 0 Å². The highest BCUT2D eigenvalue weighted by Crippen LogP contribution is 2.35. The van der Waals surface area contributed by atoms with E-state index >= 15 is 0 Å². The second kappa shape index (κ2) is 2.98. The van der Waals surface area contributed by atoms with Crippen molar-refractivity contribution in [1.29, 1.82) is 0 Å². The third-order valence-electron chi connectivity index (χ3n) is 2.74. The van der Waals surface area contributed by atoms with Gasteiger partial charge in [0.15, 0.2) is 5.79 Å². The Bertz CT molecular complexity index is 171. The molecule has 0 bridgehead atoms. The molecule has 2 heterocycles. The molecule has 0 spiro atoms. The van der Waals surface area contributed by atoms with E-state index in [0.717, 1.165) is 32.3 Å². The average molecular weight is 172 g/mol. The summed E-state index contributed by atoms with van der Waals surface area (Å²) in [5.41, 5.74) is 0. The molecule has 0 saturated carbocycles. The molecule has 0 amide bonds. The molecule has 2 saturated heterocycles. The first-order valence-corrected chi connectivity index (χ1v) is 4.72. The summed E-state index contributed by atoms with van der Waals surface area (Å²) in [6, 6.07) is 0. The highest BCUT2D eigenvalue weighted by molar-refractivity contribution is 4.87. The second-order valence-corrected chi connectivity index (χ2v) is 3.81. The molecule has 70 valence electrons. The number of hydrogen-bond acceptors (Lipinski definition) is 3. The summed E-state index contributed by atoms with van der Waals surface area (Å²) in [6.45, 7) is 2.77. The summed E-state index contributed by atoms with van der Waals surface area (Å²) >= 11 is 0. The zero-order chi connectivity index (χ0) is 8.60. The van der Waals surface area contributed by atoms with Crippen LogP contribution in [0.2, 0.25) is 0 Å². The van der Waals surface area contributed by atoms with Gasteiger partial charge >= 0.3 is 0 Å². The zero-order valence-corrected chi connectivity index (χ0v) is 7.45. The smallest absolute Gasteiger partial charge is 0.192 e. The molecule has 1 N–H and O–H groups in total. The van der Waals surface area contributed by atoms with Gasteiger partial charge in [0.25, 0.3) is 0 Å². The highest BCUT2D eigenvalue weighted by Gasteiger charge is 2.45. The van der Waals surface area contributed by atoms with Gasteiger partial charge in [-0.1, -0.05) is 0 Å². The minimum Gasteiger partial charge on any atom is -0.373 e. The lowest BCUT2D eigenvalue weighted by molar-refractivity contribution is -0.323. The van der Waals surface area contributed by atoms with Gasteiger partial charge in [-0.05, 0) is 26.2 Å². The molecule has 0 radical (unpaired) electrons. The molecule has 0 aromatic rings. The van der Waals surface area contributed by atoms with Crippen LogP contribution in [0.1, 0.15) is 32.6 Å². The van der Waals surface area contributed by atoms with E-state index in [1.165, 1.54) is 0 Å². The van der Waals surface area contributed by atoms with Gasteiger partial charge in [0, 0.05) is 13.0 Å². The summed E-state index contributed by atoms with van der Waals surface area (Å²) in [4.78, 5) is 0. The number of fused-ring (bicyclic) bond motifs is 1. The number of hydrogen-bond donors (Lipinski definition) is 1. The van der Waals surface area contributed by atoms with Crippen molar-refractivity contribution in [2.75, 3.05) is 6.61 Å². The first-order valence-electron chi connectivity index (χ1n) is 4.72. The van der Waals surface area contributed by atoms with Crippen molar-refractivity contribution in [2.45, 2.75) is 50.6 Å². The van der Waals surface area contributed by atoms with E-state index in [2.05, 4.69) is 0 Å². The van der Waals surface area contributed by atoms with E-state index in [1.54, 1.807) is 0 Å². The van der Waals surface area contributed by atoms with E-state index in [9.17, 15) is 5.11 Å². The van der Waals surface area contributed by atoms with E-state index in [4.69, 9.17) is 9.47 Å². The van der Waals surface area contributed by atoms with Crippen LogP contribution in [0.25, 0.3) is 0 Å². The minimum absolute atomic E-state index is 0.0811. The molecule has 0 aromatic heterocycles. The Morgan fingerprint density at radius 3 is 3.08 bits per heavy atom. The maximum atomic E-state index is 10.0. The van der Waals surface area contributed by atoms with Gasteiger partial charge in [0.2, 0.25) is 0 Å². The van der Waals surface area contributed by atoms with Crippen LogP contribution in [-0.2, 0) is 9.47 Å². The van der Waals surface area contributed by atoms with Crippen LogP contribution in [0.4, 0.5) is 0 Å². The van der Waals surface area contributed by atoms with Crippen LogP contribution in [-0.4, -0.2) is 29.7 Å².